The molecular weight excluding hydrogens is 572 g/mol. The Morgan fingerprint density at radius 1 is 1.07 bits per heavy atom. The van der Waals surface area contributed by atoms with E-state index >= 15 is 0 Å². The quantitative estimate of drug-likeness (QED) is 0.212. The summed E-state index contributed by atoms with van der Waals surface area (Å²) in [4.78, 5) is 18.5. The summed E-state index contributed by atoms with van der Waals surface area (Å²) in [5.74, 6) is 2.15. The molecule has 1 aliphatic carbocycles. The number of fused-ring (bicyclic) bond motifs is 1. The molecule has 0 radical (unpaired) electrons. The minimum Gasteiger partial charge on any atom is -0.493 e. The van der Waals surface area contributed by atoms with Gasteiger partial charge < -0.3 is 14.2 Å². The summed E-state index contributed by atoms with van der Waals surface area (Å²) in [6.45, 7) is 0.169. The Kier molecular flexibility index (Phi) is 8.46. The lowest BCUT2D eigenvalue weighted by Gasteiger charge is -2.22. The molecule has 204 valence electrons. The second kappa shape index (κ2) is 12.3. The van der Waals surface area contributed by atoms with E-state index < -0.39 is 0 Å². The molecule has 1 aliphatic rings. The molecule has 1 fully saturated rings. The zero-order valence-electron chi connectivity index (χ0n) is 22.4. The van der Waals surface area contributed by atoms with Crippen LogP contribution in [0.1, 0.15) is 60.5 Å². The van der Waals surface area contributed by atoms with Gasteiger partial charge in [0.2, 0.25) is 5.75 Å². The molecule has 0 atom stereocenters. The third-order valence-corrected chi connectivity index (χ3v) is 7.61. The number of methoxy groups -OCH3 is 2. The molecule has 0 aliphatic heterocycles. The van der Waals surface area contributed by atoms with Gasteiger partial charge in [0, 0.05) is 21.5 Å². The third-order valence-electron chi connectivity index (χ3n) is 7.12. The van der Waals surface area contributed by atoms with Crippen molar-refractivity contribution in [1.82, 2.24) is 9.66 Å². The van der Waals surface area contributed by atoms with Crippen molar-refractivity contribution in [3.05, 3.63) is 91.9 Å². The molecule has 1 heterocycles. The van der Waals surface area contributed by atoms with E-state index in [0.29, 0.717) is 45.1 Å². The summed E-state index contributed by atoms with van der Waals surface area (Å²) >= 11 is 3.47. The number of benzene rings is 3. The SMILES string of the molecule is COc1cc(C=Nn2c(C3CCCCC3)nc3ccc(Br)cc3c2=O)cc(OC)c1OCc1ccccc1C#N. The number of halogens is 1. The zero-order chi connectivity index (χ0) is 28.1. The van der Waals surface area contributed by atoms with Gasteiger partial charge in [-0.2, -0.15) is 15.0 Å². The fourth-order valence-electron chi connectivity index (χ4n) is 5.05. The van der Waals surface area contributed by atoms with Crippen LogP contribution in [-0.4, -0.2) is 30.1 Å². The lowest BCUT2D eigenvalue weighted by atomic mass is 9.88. The van der Waals surface area contributed by atoms with Crippen LogP contribution in [0, 0.1) is 11.3 Å². The number of hydrogen-bond acceptors (Lipinski definition) is 7. The lowest BCUT2D eigenvalue weighted by molar-refractivity contribution is 0.265. The molecule has 9 heteroatoms. The van der Waals surface area contributed by atoms with Crippen LogP contribution < -0.4 is 19.8 Å². The molecule has 3 aromatic carbocycles. The average Bonchev–Trinajstić information content (AvgIpc) is 3.00. The predicted molar refractivity (Wildman–Crippen MR) is 158 cm³/mol. The minimum absolute atomic E-state index is 0.169. The standard InChI is InChI=1S/C31H29BrN4O4/c1-38-27-14-20(15-28(39-2)29(27)40-19-23-11-7-6-10-22(23)17-33)18-34-36-30(21-8-4-3-5-9-21)35-26-13-12-24(32)16-25(26)31(36)37/h6-7,10-16,18,21H,3-5,8-9,19H2,1-2H3. The van der Waals surface area contributed by atoms with Crippen LogP contribution in [0.25, 0.3) is 10.9 Å². The number of aromatic nitrogens is 2. The van der Waals surface area contributed by atoms with Gasteiger partial charge >= 0.3 is 0 Å². The van der Waals surface area contributed by atoms with Gasteiger partial charge in [0.15, 0.2) is 11.5 Å². The van der Waals surface area contributed by atoms with E-state index in [0.717, 1.165) is 35.7 Å². The first kappa shape index (κ1) is 27.4. The molecule has 8 nitrogen and oxygen atoms in total. The van der Waals surface area contributed by atoms with Crippen LogP contribution in [0.5, 0.6) is 17.2 Å². The van der Waals surface area contributed by atoms with E-state index in [9.17, 15) is 10.1 Å². The number of ether oxygens (including phenoxy) is 3. The van der Waals surface area contributed by atoms with Crippen molar-refractivity contribution in [1.29, 1.82) is 5.26 Å². The maximum atomic E-state index is 13.6. The van der Waals surface area contributed by atoms with Crippen LogP contribution >= 0.6 is 15.9 Å². The zero-order valence-corrected chi connectivity index (χ0v) is 24.0. The molecule has 0 spiro atoms. The molecular formula is C31H29BrN4O4. The smallest absolute Gasteiger partial charge is 0.282 e. The maximum Gasteiger partial charge on any atom is 0.282 e. The monoisotopic (exact) mass is 600 g/mol. The normalized spacial score (nSPS) is 13.8. The fourth-order valence-corrected chi connectivity index (χ4v) is 5.41. The first-order chi connectivity index (χ1) is 19.5. The second-order valence-electron chi connectivity index (χ2n) is 9.64. The summed E-state index contributed by atoms with van der Waals surface area (Å²) in [5.41, 5.74) is 2.42. The molecule has 40 heavy (non-hydrogen) atoms. The second-order valence-corrected chi connectivity index (χ2v) is 10.6. The Morgan fingerprint density at radius 3 is 2.50 bits per heavy atom. The minimum atomic E-state index is -0.210. The Hall–Kier alpha value is -4.16. The van der Waals surface area contributed by atoms with Crippen molar-refractivity contribution in [3.63, 3.8) is 0 Å². The van der Waals surface area contributed by atoms with Crippen molar-refractivity contribution in [2.75, 3.05) is 14.2 Å². The molecule has 5 rings (SSSR count). The predicted octanol–water partition coefficient (Wildman–Crippen LogP) is 6.56. The third kappa shape index (κ3) is 5.73. The Labute approximate surface area is 241 Å². The van der Waals surface area contributed by atoms with E-state index in [1.807, 2.05) is 30.3 Å². The molecule has 0 bridgehead atoms. The summed E-state index contributed by atoms with van der Waals surface area (Å²) in [6, 6.07) is 18.5. The molecule has 1 aromatic heterocycles. The highest BCUT2D eigenvalue weighted by atomic mass is 79.9. The van der Waals surface area contributed by atoms with Crippen LogP contribution in [0.15, 0.2) is 69.0 Å². The molecule has 0 N–H and O–H groups in total. The maximum absolute atomic E-state index is 13.6. The van der Waals surface area contributed by atoms with E-state index in [2.05, 4.69) is 27.1 Å². The van der Waals surface area contributed by atoms with Crippen LogP contribution in [-0.2, 0) is 6.61 Å². The number of nitriles is 1. The Bertz CT molecular complexity index is 1640. The number of rotatable bonds is 8. The van der Waals surface area contributed by atoms with Gasteiger partial charge in [-0.25, -0.2) is 4.98 Å². The number of nitrogens with zero attached hydrogens (tertiary/aromatic N) is 4. The van der Waals surface area contributed by atoms with Gasteiger partial charge in [-0.05, 0) is 49.2 Å². The van der Waals surface area contributed by atoms with Crippen molar-refractivity contribution < 1.29 is 14.2 Å². The first-order valence-electron chi connectivity index (χ1n) is 13.2. The van der Waals surface area contributed by atoms with Crippen LogP contribution in [0.2, 0.25) is 0 Å². The molecule has 0 amide bonds. The summed E-state index contributed by atoms with van der Waals surface area (Å²) in [7, 11) is 3.09. The summed E-state index contributed by atoms with van der Waals surface area (Å²) < 4.78 is 19.5. The topological polar surface area (TPSA) is 98.7 Å². The van der Waals surface area contributed by atoms with Crippen LogP contribution in [0.3, 0.4) is 0 Å². The highest BCUT2D eigenvalue weighted by Crippen LogP contribution is 2.39. The highest BCUT2D eigenvalue weighted by molar-refractivity contribution is 9.10. The molecule has 1 saturated carbocycles. The molecule has 4 aromatic rings. The fraction of sp³-hybridized carbons (Fsp3) is 0.290. The lowest BCUT2D eigenvalue weighted by Crippen LogP contribution is -2.25. The Balaban J connectivity index is 1.52. The van der Waals surface area contributed by atoms with E-state index in [-0.39, 0.29) is 18.1 Å². The number of hydrogen-bond donors (Lipinski definition) is 0. The average molecular weight is 602 g/mol. The van der Waals surface area contributed by atoms with E-state index in [1.165, 1.54) is 11.1 Å². The van der Waals surface area contributed by atoms with E-state index in [1.54, 1.807) is 44.7 Å². The summed E-state index contributed by atoms with van der Waals surface area (Å²) in [5, 5.41) is 14.5. The van der Waals surface area contributed by atoms with Gasteiger partial charge in [-0.15, -0.1) is 0 Å². The van der Waals surface area contributed by atoms with Gasteiger partial charge in [-0.3, -0.25) is 4.79 Å². The Morgan fingerprint density at radius 2 is 1.80 bits per heavy atom. The van der Waals surface area contributed by atoms with Crippen molar-refractivity contribution in [3.8, 4) is 23.3 Å². The highest BCUT2D eigenvalue weighted by Gasteiger charge is 2.23. The summed E-state index contributed by atoms with van der Waals surface area (Å²) in [6.07, 6.45) is 6.98. The van der Waals surface area contributed by atoms with Gasteiger partial charge in [0.25, 0.3) is 5.56 Å². The van der Waals surface area contributed by atoms with Gasteiger partial charge in [-0.1, -0.05) is 53.4 Å². The first-order valence-corrected chi connectivity index (χ1v) is 13.9. The van der Waals surface area contributed by atoms with E-state index in [4.69, 9.17) is 19.2 Å². The largest absolute Gasteiger partial charge is 0.493 e. The van der Waals surface area contributed by atoms with Crippen molar-refractivity contribution in [2.24, 2.45) is 5.10 Å². The van der Waals surface area contributed by atoms with Gasteiger partial charge in [0.05, 0.1) is 43.0 Å². The van der Waals surface area contributed by atoms with Crippen molar-refractivity contribution >= 4 is 33.0 Å². The molecule has 0 unspecified atom stereocenters. The van der Waals surface area contributed by atoms with Crippen LogP contribution in [0.4, 0.5) is 0 Å². The van der Waals surface area contributed by atoms with Gasteiger partial charge in [0.1, 0.15) is 12.4 Å². The molecule has 0 saturated heterocycles. The van der Waals surface area contributed by atoms with Crippen molar-refractivity contribution in [2.45, 2.75) is 44.6 Å².